The average molecular weight is 493 g/mol. The number of benzene rings is 2. The minimum absolute atomic E-state index is 0.267. The minimum Gasteiger partial charge on any atom is -0.463 e. The number of urea groups is 1. The highest BCUT2D eigenvalue weighted by atomic mass is 16.7. The fraction of sp³-hybridized carbons (Fsp3) is 0.407. The topological polar surface area (TPSA) is 92.4 Å². The second-order valence-corrected chi connectivity index (χ2v) is 9.29. The lowest BCUT2D eigenvalue weighted by molar-refractivity contribution is -0.139. The van der Waals surface area contributed by atoms with Crippen molar-refractivity contribution in [1.82, 2.24) is 20.4 Å². The Bertz CT molecular complexity index is 1160. The molecular formula is C27H32N4O5. The lowest BCUT2D eigenvalue weighted by Gasteiger charge is -2.37. The monoisotopic (exact) mass is 492 g/mol. The predicted octanol–water partition coefficient (Wildman–Crippen LogP) is 2.71. The first-order valence-electron chi connectivity index (χ1n) is 12.4. The number of esters is 1. The molecule has 1 atom stereocenters. The fourth-order valence-corrected chi connectivity index (χ4v) is 4.83. The number of rotatable bonds is 7. The van der Waals surface area contributed by atoms with Crippen LogP contribution in [0.3, 0.4) is 0 Å². The van der Waals surface area contributed by atoms with Crippen molar-refractivity contribution in [2.24, 2.45) is 0 Å². The summed E-state index contributed by atoms with van der Waals surface area (Å²) in [6, 6.07) is 13.0. The summed E-state index contributed by atoms with van der Waals surface area (Å²) in [5.41, 5.74) is 4.21. The maximum atomic E-state index is 13.0. The molecular weight excluding hydrogens is 460 g/mol. The third-order valence-corrected chi connectivity index (χ3v) is 6.75. The lowest BCUT2D eigenvalue weighted by atomic mass is 9.94. The van der Waals surface area contributed by atoms with Crippen LogP contribution in [0.25, 0.3) is 0 Å². The third kappa shape index (κ3) is 5.32. The van der Waals surface area contributed by atoms with Gasteiger partial charge in [0.2, 0.25) is 6.79 Å². The summed E-state index contributed by atoms with van der Waals surface area (Å²) in [5, 5.41) is 5.79. The van der Waals surface area contributed by atoms with Crippen LogP contribution in [0.4, 0.5) is 4.79 Å². The van der Waals surface area contributed by atoms with Crippen LogP contribution >= 0.6 is 0 Å². The van der Waals surface area contributed by atoms with E-state index in [2.05, 4.69) is 26.5 Å². The Labute approximate surface area is 211 Å². The summed E-state index contributed by atoms with van der Waals surface area (Å²) in [6.45, 7) is 9.04. The van der Waals surface area contributed by atoms with Crippen molar-refractivity contribution in [3.8, 4) is 11.5 Å². The number of hydrogen-bond acceptors (Lipinski definition) is 7. The molecule has 5 rings (SSSR count). The van der Waals surface area contributed by atoms with Gasteiger partial charge in [-0.15, -0.1) is 0 Å². The number of carbonyl (C=O) groups excluding carboxylic acids is 2. The molecule has 1 fully saturated rings. The number of ether oxygens (including phenoxy) is 3. The number of fused-ring (bicyclic) bond motifs is 1. The van der Waals surface area contributed by atoms with Gasteiger partial charge >= 0.3 is 12.0 Å². The molecule has 0 radical (unpaired) electrons. The summed E-state index contributed by atoms with van der Waals surface area (Å²) in [4.78, 5) is 30.3. The van der Waals surface area contributed by atoms with Crippen molar-refractivity contribution in [2.75, 3.05) is 46.1 Å². The maximum absolute atomic E-state index is 13.0. The van der Waals surface area contributed by atoms with Crippen molar-refractivity contribution < 1.29 is 23.8 Å². The Morgan fingerprint density at radius 3 is 2.42 bits per heavy atom. The zero-order chi connectivity index (χ0) is 25.1. The van der Waals surface area contributed by atoms with Crippen LogP contribution in [0.2, 0.25) is 0 Å². The summed E-state index contributed by atoms with van der Waals surface area (Å²) in [5.74, 6) is 1.18. The summed E-state index contributed by atoms with van der Waals surface area (Å²) < 4.78 is 16.3. The predicted molar refractivity (Wildman–Crippen MR) is 134 cm³/mol. The van der Waals surface area contributed by atoms with E-state index in [1.807, 2.05) is 43.3 Å². The number of carbonyl (C=O) groups is 2. The first-order valence-corrected chi connectivity index (χ1v) is 12.4. The van der Waals surface area contributed by atoms with Gasteiger partial charge in [-0.2, -0.15) is 0 Å². The highest BCUT2D eigenvalue weighted by molar-refractivity contribution is 5.95. The van der Waals surface area contributed by atoms with Crippen molar-refractivity contribution in [3.63, 3.8) is 0 Å². The second-order valence-electron chi connectivity index (χ2n) is 9.29. The molecule has 0 bridgehead atoms. The molecule has 0 spiro atoms. The highest BCUT2D eigenvalue weighted by Gasteiger charge is 2.34. The molecule has 0 saturated carbocycles. The summed E-state index contributed by atoms with van der Waals surface area (Å²) in [7, 11) is 0. The van der Waals surface area contributed by atoms with Gasteiger partial charge in [-0.1, -0.05) is 35.9 Å². The normalized spacial score (nSPS) is 20.2. The van der Waals surface area contributed by atoms with E-state index in [-0.39, 0.29) is 19.4 Å². The molecule has 2 aromatic rings. The molecule has 0 aliphatic carbocycles. The molecule has 3 heterocycles. The molecule has 190 valence electrons. The van der Waals surface area contributed by atoms with Gasteiger partial charge in [0, 0.05) is 45.0 Å². The zero-order valence-electron chi connectivity index (χ0n) is 20.7. The lowest BCUT2D eigenvalue weighted by Crippen LogP contribution is -2.51. The van der Waals surface area contributed by atoms with E-state index in [9.17, 15) is 9.59 Å². The molecule has 3 aliphatic heterocycles. The Morgan fingerprint density at radius 1 is 1.00 bits per heavy atom. The van der Waals surface area contributed by atoms with Crippen LogP contribution in [0.15, 0.2) is 53.7 Å². The van der Waals surface area contributed by atoms with E-state index in [1.54, 1.807) is 6.92 Å². The SMILES string of the molecule is CCOC(=O)C1=C(CN2CCN(Cc3ccc4c(c3)OCO4)CC2)NC(=O)NC1c1ccc(C)cc1. The van der Waals surface area contributed by atoms with E-state index < -0.39 is 12.0 Å². The number of nitrogens with one attached hydrogen (secondary N) is 2. The molecule has 2 amide bonds. The van der Waals surface area contributed by atoms with Crippen molar-refractivity contribution in [3.05, 3.63) is 70.4 Å². The second kappa shape index (κ2) is 10.6. The van der Waals surface area contributed by atoms with Crippen molar-refractivity contribution >= 4 is 12.0 Å². The van der Waals surface area contributed by atoms with Crippen LogP contribution in [-0.2, 0) is 16.1 Å². The minimum atomic E-state index is -0.555. The van der Waals surface area contributed by atoms with E-state index in [1.165, 1.54) is 5.56 Å². The number of aryl methyl sites for hydroxylation is 1. The largest absolute Gasteiger partial charge is 0.463 e. The van der Waals surface area contributed by atoms with Crippen LogP contribution in [0.1, 0.15) is 29.7 Å². The first kappa shape index (κ1) is 24.1. The van der Waals surface area contributed by atoms with Gasteiger partial charge in [0.1, 0.15) is 0 Å². The molecule has 3 aliphatic rings. The van der Waals surface area contributed by atoms with Crippen LogP contribution < -0.4 is 20.1 Å². The molecule has 9 heteroatoms. The Kier molecular flexibility index (Phi) is 7.11. The molecule has 1 unspecified atom stereocenters. The smallest absolute Gasteiger partial charge is 0.338 e. The standard InChI is InChI=1S/C27H32N4O5/c1-3-34-26(32)24-21(28-27(33)29-25(24)20-7-4-18(2)5-8-20)16-31-12-10-30(11-13-31)15-19-6-9-22-23(14-19)36-17-35-22/h4-9,14,25H,3,10-13,15-17H2,1-2H3,(H2,28,29,33). The molecule has 9 nitrogen and oxygen atoms in total. The van der Waals surface area contributed by atoms with Gasteiger partial charge < -0.3 is 24.8 Å². The molecule has 36 heavy (non-hydrogen) atoms. The van der Waals surface area contributed by atoms with Crippen molar-refractivity contribution in [2.45, 2.75) is 26.4 Å². The van der Waals surface area contributed by atoms with Crippen LogP contribution in [-0.4, -0.2) is 67.9 Å². The number of amides is 2. The van der Waals surface area contributed by atoms with E-state index in [0.29, 0.717) is 17.8 Å². The van der Waals surface area contributed by atoms with Gasteiger partial charge in [-0.3, -0.25) is 9.80 Å². The average Bonchev–Trinajstić information content (AvgIpc) is 3.33. The maximum Gasteiger partial charge on any atom is 0.338 e. The fourth-order valence-electron chi connectivity index (χ4n) is 4.83. The molecule has 0 aromatic heterocycles. The first-order chi connectivity index (χ1) is 17.5. The Morgan fingerprint density at radius 2 is 1.69 bits per heavy atom. The number of nitrogens with zero attached hydrogens (tertiary/aromatic N) is 2. The van der Waals surface area contributed by atoms with E-state index in [0.717, 1.165) is 55.3 Å². The summed E-state index contributed by atoms with van der Waals surface area (Å²) >= 11 is 0. The highest BCUT2D eigenvalue weighted by Crippen LogP contribution is 2.33. The Balaban J connectivity index is 1.28. The van der Waals surface area contributed by atoms with Gasteiger partial charge in [-0.05, 0) is 37.1 Å². The van der Waals surface area contributed by atoms with Crippen LogP contribution in [0, 0.1) is 6.92 Å². The quantitative estimate of drug-likeness (QED) is 0.574. The van der Waals surface area contributed by atoms with Gasteiger partial charge in [0.15, 0.2) is 11.5 Å². The Hall–Kier alpha value is -3.56. The van der Waals surface area contributed by atoms with Crippen LogP contribution in [0.5, 0.6) is 11.5 Å². The van der Waals surface area contributed by atoms with E-state index in [4.69, 9.17) is 14.2 Å². The third-order valence-electron chi connectivity index (χ3n) is 6.75. The van der Waals surface area contributed by atoms with Gasteiger partial charge in [0.05, 0.1) is 18.2 Å². The van der Waals surface area contributed by atoms with Gasteiger partial charge in [0.25, 0.3) is 0 Å². The number of piperazine rings is 1. The number of hydrogen-bond donors (Lipinski definition) is 2. The van der Waals surface area contributed by atoms with Gasteiger partial charge in [-0.25, -0.2) is 9.59 Å². The molecule has 1 saturated heterocycles. The van der Waals surface area contributed by atoms with Crippen molar-refractivity contribution in [1.29, 1.82) is 0 Å². The molecule has 2 aromatic carbocycles. The van der Waals surface area contributed by atoms with E-state index >= 15 is 0 Å². The molecule has 2 N–H and O–H groups in total. The zero-order valence-corrected chi connectivity index (χ0v) is 20.7. The summed E-state index contributed by atoms with van der Waals surface area (Å²) in [6.07, 6.45) is 0.